The molecule has 104 valence electrons. The fraction of sp³-hybridized carbons (Fsp3) is 0.647. The van der Waals surface area contributed by atoms with Crippen molar-refractivity contribution < 1.29 is 0 Å². The first-order valence-electron chi connectivity index (χ1n) is 7.82. The minimum Gasteiger partial charge on any atom is -0.314 e. The van der Waals surface area contributed by atoms with Crippen LogP contribution in [-0.4, -0.2) is 36.6 Å². The van der Waals surface area contributed by atoms with E-state index in [0.29, 0.717) is 0 Å². The Labute approximate surface area is 117 Å². The third kappa shape index (κ3) is 2.85. The van der Waals surface area contributed by atoms with Gasteiger partial charge in [0.1, 0.15) is 0 Å². The van der Waals surface area contributed by atoms with Gasteiger partial charge in [0.05, 0.1) is 0 Å². The molecule has 0 aromatic heterocycles. The van der Waals surface area contributed by atoms with Crippen LogP contribution in [0.3, 0.4) is 0 Å². The van der Waals surface area contributed by atoms with E-state index in [2.05, 4.69) is 54.4 Å². The van der Waals surface area contributed by atoms with Crippen molar-refractivity contribution in [3.63, 3.8) is 0 Å². The molecule has 19 heavy (non-hydrogen) atoms. The van der Waals surface area contributed by atoms with Gasteiger partial charge in [0.2, 0.25) is 0 Å². The molecule has 2 heteroatoms. The standard InChI is InChI=1S/C17H26N2/c1-3-18-16-9-10-19(12-13(16)2)17-11-15(17)14-7-5-4-6-8-14/h4-8,13,15-18H,3,9-12H2,1-2H3. The summed E-state index contributed by atoms with van der Waals surface area (Å²) in [7, 11) is 0. The lowest BCUT2D eigenvalue weighted by molar-refractivity contribution is 0.139. The van der Waals surface area contributed by atoms with Gasteiger partial charge in [0, 0.05) is 24.5 Å². The van der Waals surface area contributed by atoms with Gasteiger partial charge in [-0.1, -0.05) is 44.2 Å². The zero-order chi connectivity index (χ0) is 13.2. The normalized spacial score (nSPS) is 35.3. The molecule has 4 unspecified atom stereocenters. The smallest absolute Gasteiger partial charge is 0.0171 e. The molecule has 2 fully saturated rings. The second kappa shape index (κ2) is 5.64. The third-order valence-corrected chi connectivity index (χ3v) is 4.86. The highest BCUT2D eigenvalue weighted by Crippen LogP contribution is 2.45. The van der Waals surface area contributed by atoms with Crippen LogP contribution < -0.4 is 5.32 Å². The number of likely N-dealkylation sites (tertiary alicyclic amines) is 1. The van der Waals surface area contributed by atoms with E-state index in [0.717, 1.165) is 30.5 Å². The minimum absolute atomic E-state index is 0.732. The van der Waals surface area contributed by atoms with Crippen LogP contribution in [0.2, 0.25) is 0 Å². The quantitative estimate of drug-likeness (QED) is 0.893. The molecule has 0 amide bonds. The molecule has 1 heterocycles. The number of rotatable bonds is 4. The highest BCUT2D eigenvalue weighted by molar-refractivity contribution is 5.28. The molecule has 1 aromatic rings. The van der Waals surface area contributed by atoms with Crippen molar-refractivity contribution in [1.82, 2.24) is 10.2 Å². The number of hydrogen-bond acceptors (Lipinski definition) is 2. The van der Waals surface area contributed by atoms with E-state index >= 15 is 0 Å². The molecule has 1 aliphatic heterocycles. The highest BCUT2D eigenvalue weighted by Gasteiger charge is 2.44. The summed E-state index contributed by atoms with van der Waals surface area (Å²) in [6.07, 6.45) is 2.68. The molecule has 1 saturated carbocycles. The van der Waals surface area contributed by atoms with Crippen molar-refractivity contribution in [1.29, 1.82) is 0 Å². The second-order valence-electron chi connectivity index (χ2n) is 6.25. The van der Waals surface area contributed by atoms with E-state index in [4.69, 9.17) is 0 Å². The van der Waals surface area contributed by atoms with E-state index in [1.165, 1.54) is 31.5 Å². The Morgan fingerprint density at radius 3 is 2.74 bits per heavy atom. The van der Waals surface area contributed by atoms with E-state index in [1.54, 1.807) is 0 Å². The van der Waals surface area contributed by atoms with Crippen LogP contribution in [0.1, 0.15) is 38.2 Å². The van der Waals surface area contributed by atoms with Crippen molar-refractivity contribution >= 4 is 0 Å². The van der Waals surface area contributed by atoms with Crippen molar-refractivity contribution in [3.8, 4) is 0 Å². The molecular weight excluding hydrogens is 232 g/mol. The molecule has 1 saturated heterocycles. The molecule has 0 bridgehead atoms. The summed E-state index contributed by atoms with van der Waals surface area (Å²) in [5.41, 5.74) is 1.54. The summed E-state index contributed by atoms with van der Waals surface area (Å²) in [6.45, 7) is 8.26. The Morgan fingerprint density at radius 2 is 2.05 bits per heavy atom. The summed E-state index contributed by atoms with van der Waals surface area (Å²) >= 11 is 0. The Hall–Kier alpha value is -0.860. The topological polar surface area (TPSA) is 15.3 Å². The average Bonchev–Trinajstić information content (AvgIpc) is 3.23. The van der Waals surface area contributed by atoms with Crippen molar-refractivity contribution in [2.75, 3.05) is 19.6 Å². The first kappa shape index (κ1) is 13.1. The fourth-order valence-corrected chi connectivity index (χ4v) is 3.69. The van der Waals surface area contributed by atoms with Gasteiger partial charge in [0.25, 0.3) is 0 Å². The monoisotopic (exact) mass is 258 g/mol. The summed E-state index contributed by atoms with van der Waals surface area (Å²) in [6, 6.07) is 12.6. The molecule has 1 aliphatic carbocycles. The van der Waals surface area contributed by atoms with Gasteiger partial charge in [-0.25, -0.2) is 0 Å². The lowest BCUT2D eigenvalue weighted by Crippen LogP contribution is -2.49. The lowest BCUT2D eigenvalue weighted by Gasteiger charge is -2.37. The lowest BCUT2D eigenvalue weighted by atomic mass is 9.93. The number of piperidine rings is 1. The molecule has 2 nitrogen and oxygen atoms in total. The molecular formula is C17H26N2. The molecule has 0 radical (unpaired) electrons. The number of nitrogens with one attached hydrogen (secondary N) is 1. The van der Waals surface area contributed by atoms with Gasteiger partial charge in [-0.05, 0) is 37.4 Å². The highest BCUT2D eigenvalue weighted by atomic mass is 15.2. The van der Waals surface area contributed by atoms with Crippen LogP contribution in [0.5, 0.6) is 0 Å². The Morgan fingerprint density at radius 1 is 1.26 bits per heavy atom. The Kier molecular flexibility index (Phi) is 3.90. The zero-order valence-corrected chi connectivity index (χ0v) is 12.2. The van der Waals surface area contributed by atoms with E-state index < -0.39 is 0 Å². The number of benzene rings is 1. The summed E-state index contributed by atoms with van der Waals surface area (Å²) < 4.78 is 0. The average molecular weight is 258 g/mol. The van der Waals surface area contributed by atoms with Crippen LogP contribution in [0.15, 0.2) is 30.3 Å². The number of hydrogen-bond donors (Lipinski definition) is 1. The molecule has 2 aliphatic rings. The fourth-order valence-electron chi connectivity index (χ4n) is 3.69. The maximum absolute atomic E-state index is 3.63. The SMILES string of the molecule is CCNC1CCN(C2CC2c2ccccc2)CC1C. The van der Waals surface area contributed by atoms with Gasteiger partial charge >= 0.3 is 0 Å². The first-order valence-corrected chi connectivity index (χ1v) is 7.82. The van der Waals surface area contributed by atoms with Gasteiger partial charge in [-0.2, -0.15) is 0 Å². The molecule has 1 N–H and O–H groups in total. The van der Waals surface area contributed by atoms with E-state index in [1.807, 2.05) is 0 Å². The maximum Gasteiger partial charge on any atom is 0.0171 e. The maximum atomic E-state index is 3.63. The van der Waals surface area contributed by atoms with Gasteiger partial charge in [0.15, 0.2) is 0 Å². The predicted octanol–water partition coefficient (Wildman–Crippen LogP) is 2.86. The first-order chi connectivity index (χ1) is 9.29. The van der Waals surface area contributed by atoms with Crippen molar-refractivity contribution in [2.45, 2.75) is 44.7 Å². The van der Waals surface area contributed by atoms with Crippen LogP contribution >= 0.6 is 0 Å². The van der Waals surface area contributed by atoms with Gasteiger partial charge < -0.3 is 5.32 Å². The zero-order valence-electron chi connectivity index (χ0n) is 12.2. The number of nitrogens with zero attached hydrogens (tertiary/aromatic N) is 1. The Balaban J connectivity index is 1.56. The third-order valence-electron chi connectivity index (χ3n) is 4.86. The van der Waals surface area contributed by atoms with E-state index in [9.17, 15) is 0 Å². The molecule has 0 spiro atoms. The predicted molar refractivity (Wildman–Crippen MR) is 80.4 cm³/mol. The summed E-state index contributed by atoms with van der Waals surface area (Å²) in [5.74, 6) is 1.58. The van der Waals surface area contributed by atoms with Crippen LogP contribution in [0.25, 0.3) is 0 Å². The second-order valence-corrected chi connectivity index (χ2v) is 6.25. The van der Waals surface area contributed by atoms with Gasteiger partial charge in [-0.15, -0.1) is 0 Å². The summed E-state index contributed by atoms with van der Waals surface area (Å²) in [4.78, 5) is 2.73. The Bertz CT molecular complexity index is 403. The van der Waals surface area contributed by atoms with Crippen LogP contribution in [0.4, 0.5) is 0 Å². The van der Waals surface area contributed by atoms with Crippen molar-refractivity contribution in [2.24, 2.45) is 5.92 Å². The van der Waals surface area contributed by atoms with Crippen LogP contribution in [0, 0.1) is 5.92 Å². The van der Waals surface area contributed by atoms with Crippen LogP contribution in [-0.2, 0) is 0 Å². The molecule has 4 atom stereocenters. The largest absolute Gasteiger partial charge is 0.314 e. The molecule has 1 aromatic carbocycles. The summed E-state index contributed by atoms with van der Waals surface area (Å²) in [5, 5.41) is 3.63. The van der Waals surface area contributed by atoms with Crippen molar-refractivity contribution in [3.05, 3.63) is 35.9 Å². The van der Waals surface area contributed by atoms with E-state index in [-0.39, 0.29) is 0 Å². The van der Waals surface area contributed by atoms with Gasteiger partial charge in [-0.3, -0.25) is 4.90 Å². The molecule has 3 rings (SSSR count). The minimum atomic E-state index is 0.732.